The van der Waals surface area contributed by atoms with Crippen molar-refractivity contribution in [3.8, 4) is 11.8 Å². The van der Waals surface area contributed by atoms with Gasteiger partial charge in [-0.15, -0.1) is 11.6 Å². The van der Waals surface area contributed by atoms with Crippen LogP contribution in [-0.4, -0.2) is 54.8 Å². The van der Waals surface area contributed by atoms with Crippen molar-refractivity contribution < 1.29 is 4.79 Å². The zero-order valence-corrected chi connectivity index (χ0v) is 9.89. The highest BCUT2D eigenvalue weighted by atomic mass is 35.5. The van der Waals surface area contributed by atoms with Crippen LogP contribution in [0.2, 0.25) is 0 Å². The number of nitrogens with zero attached hydrogens (tertiary/aromatic N) is 2. The summed E-state index contributed by atoms with van der Waals surface area (Å²) in [4.78, 5) is 15.1. The fourth-order valence-corrected chi connectivity index (χ4v) is 1.73. The molecule has 84 valence electrons. The fraction of sp³-hybridized carbons (Fsp3) is 0.727. The van der Waals surface area contributed by atoms with Crippen LogP contribution in [0.1, 0.15) is 12.8 Å². The van der Waals surface area contributed by atoms with Crippen molar-refractivity contribution in [1.82, 2.24) is 9.80 Å². The van der Waals surface area contributed by atoms with Gasteiger partial charge >= 0.3 is 0 Å². The van der Waals surface area contributed by atoms with E-state index in [0.29, 0.717) is 18.8 Å². The molecule has 0 bridgehead atoms. The Morgan fingerprint density at radius 2 is 2.33 bits per heavy atom. The van der Waals surface area contributed by atoms with Crippen LogP contribution >= 0.6 is 11.6 Å². The lowest BCUT2D eigenvalue weighted by atomic mass is 10.4. The molecule has 1 fully saturated rings. The molecule has 0 aromatic carbocycles. The number of carbonyl (C=O) groups excluding carboxylic acids is 1. The van der Waals surface area contributed by atoms with Crippen LogP contribution in [0.25, 0.3) is 0 Å². The van der Waals surface area contributed by atoms with Gasteiger partial charge < -0.3 is 4.90 Å². The predicted octanol–water partition coefficient (Wildman–Crippen LogP) is 0.783. The topological polar surface area (TPSA) is 23.6 Å². The van der Waals surface area contributed by atoms with E-state index in [0.717, 1.165) is 26.1 Å². The standard InChI is InChI=1S/C11H17ClN2O/c1-13(10-6-12)7-2-3-8-14-9-4-5-11(14)15/h4-10H2,1H3. The molecule has 0 N–H and O–H groups in total. The Labute approximate surface area is 96.4 Å². The molecule has 1 rings (SSSR count). The molecule has 1 heterocycles. The third kappa shape index (κ3) is 4.55. The molecule has 0 aromatic heterocycles. The summed E-state index contributed by atoms with van der Waals surface area (Å²) in [7, 11) is 1.98. The average molecular weight is 229 g/mol. The van der Waals surface area contributed by atoms with Gasteiger partial charge in [-0.2, -0.15) is 0 Å². The molecule has 0 aliphatic carbocycles. The monoisotopic (exact) mass is 228 g/mol. The summed E-state index contributed by atoms with van der Waals surface area (Å²) in [6, 6.07) is 0. The Bertz CT molecular complexity index is 269. The number of halogens is 1. The van der Waals surface area contributed by atoms with Gasteiger partial charge in [-0.3, -0.25) is 9.69 Å². The maximum absolute atomic E-state index is 11.2. The van der Waals surface area contributed by atoms with Gasteiger partial charge in [-0.05, 0) is 13.5 Å². The summed E-state index contributed by atoms with van der Waals surface area (Å²) in [5.41, 5.74) is 0. The van der Waals surface area contributed by atoms with Crippen LogP contribution in [0, 0.1) is 11.8 Å². The van der Waals surface area contributed by atoms with Crippen LogP contribution in [0.15, 0.2) is 0 Å². The highest BCUT2D eigenvalue weighted by Gasteiger charge is 2.18. The van der Waals surface area contributed by atoms with Crippen LogP contribution in [0.4, 0.5) is 0 Å². The number of carbonyl (C=O) groups is 1. The highest BCUT2D eigenvalue weighted by Crippen LogP contribution is 2.07. The Morgan fingerprint density at radius 1 is 1.53 bits per heavy atom. The second-order valence-electron chi connectivity index (χ2n) is 3.70. The molecule has 4 heteroatoms. The summed E-state index contributed by atoms with van der Waals surface area (Å²) >= 11 is 5.59. The molecule has 0 aromatic rings. The van der Waals surface area contributed by atoms with Gasteiger partial charge in [0.2, 0.25) is 5.91 Å². The minimum absolute atomic E-state index is 0.235. The predicted molar refractivity (Wildman–Crippen MR) is 61.8 cm³/mol. The maximum Gasteiger partial charge on any atom is 0.223 e. The molecular formula is C11H17ClN2O. The number of alkyl halides is 1. The molecule has 15 heavy (non-hydrogen) atoms. The third-order valence-corrected chi connectivity index (χ3v) is 2.55. The zero-order valence-electron chi connectivity index (χ0n) is 9.13. The molecule has 1 aliphatic heterocycles. The van der Waals surface area contributed by atoms with E-state index < -0.39 is 0 Å². The molecule has 1 amide bonds. The van der Waals surface area contributed by atoms with Crippen molar-refractivity contribution in [2.45, 2.75) is 12.8 Å². The minimum atomic E-state index is 0.235. The Kier molecular flexibility index (Phi) is 5.52. The normalized spacial score (nSPS) is 15.7. The van der Waals surface area contributed by atoms with Crippen molar-refractivity contribution in [2.24, 2.45) is 0 Å². The van der Waals surface area contributed by atoms with Crippen LogP contribution < -0.4 is 0 Å². The van der Waals surface area contributed by atoms with Crippen molar-refractivity contribution >= 4 is 17.5 Å². The number of likely N-dealkylation sites (tertiary alicyclic amines) is 1. The number of hydrogen-bond acceptors (Lipinski definition) is 2. The van der Waals surface area contributed by atoms with E-state index in [4.69, 9.17) is 11.6 Å². The average Bonchev–Trinajstić information content (AvgIpc) is 2.60. The Morgan fingerprint density at radius 3 is 2.93 bits per heavy atom. The number of amides is 1. The van der Waals surface area contributed by atoms with E-state index in [1.807, 2.05) is 11.9 Å². The summed E-state index contributed by atoms with van der Waals surface area (Å²) in [5.74, 6) is 6.92. The smallest absolute Gasteiger partial charge is 0.223 e. The van der Waals surface area contributed by atoms with Crippen LogP contribution in [0.5, 0.6) is 0 Å². The number of hydrogen-bond donors (Lipinski definition) is 0. The summed E-state index contributed by atoms with van der Waals surface area (Å²) in [6.45, 7) is 3.01. The highest BCUT2D eigenvalue weighted by molar-refractivity contribution is 6.18. The molecule has 0 unspecified atom stereocenters. The van der Waals surface area contributed by atoms with Crippen LogP contribution in [-0.2, 0) is 4.79 Å². The van der Waals surface area contributed by atoms with Crippen molar-refractivity contribution in [3.05, 3.63) is 0 Å². The molecule has 0 saturated carbocycles. The molecule has 0 spiro atoms. The van der Waals surface area contributed by atoms with Gasteiger partial charge in [0.1, 0.15) is 0 Å². The van der Waals surface area contributed by atoms with E-state index in [-0.39, 0.29) is 5.91 Å². The fourth-order valence-electron chi connectivity index (χ4n) is 1.44. The first kappa shape index (κ1) is 12.4. The number of rotatable bonds is 4. The van der Waals surface area contributed by atoms with E-state index in [2.05, 4.69) is 16.7 Å². The summed E-state index contributed by atoms with van der Waals surface area (Å²) < 4.78 is 0. The van der Waals surface area contributed by atoms with Gasteiger partial charge in [0.15, 0.2) is 0 Å². The van der Waals surface area contributed by atoms with Gasteiger partial charge in [0.25, 0.3) is 0 Å². The first-order valence-corrected chi connectivity index (χ1v) is 5.75. The van der Waals surface area contributed by atoms with E-state index in [1.54, 1.807) is 0 Å². The Balaban J connectivity index is 2.18. The summed E-state index contributed by atoms with van der Waals surface area (Å²) in [6.07, 6.45) is 1.67. The second-order valence-corrected chi connectivity index (χ2v) is 4.08. The van der Waals surface area contributed by atoms with Gasteiger partial charge in [-0.25, -0.2) is 0 Å². The second kappa shape index (κ2) is 6.71. The molecule has 1 aliphatic rings. The van der Waals surface area contributed by atoms with Crippen molar-refractivity contribution in [2.75, 3.05) is 39.1 Å². The maximum atomic E-state index is 11.2. The first-order chi connectivity index (χ1) is 7.24. The molecule has 1 saturated heterocycles. The van der Waals surface area contributed by atoms with Gasteiger partial charge in [0, 0.05) is 25.4 Å². The third-order valence-electron chi connectivity index (χ3n) is 2.38. The molecule has 0 atom stereocenters. The van der Waals surface area contributed by atoms with E-state index in [9.17, 15) is 4.79 Å². The molecule has 0 radical (unpaired) electrons. The lowest BCUT2D eigenvalue weighted by Crippen LogP contribution is -2.25. The lowest BCUT2D eigenvalue weighted by Gasteiger charge is -2.11. The quantitative estimate of drug-likeness (QED) is 0.525. The van der Waals surface area contributed by atoms with Crippen LogP contribution in [0.3, 0.4) is 0 Å². The van der Waals surface area contributed by atoms with Gasteiger partial charge in [0.05, 0.1) is 13.1 Å². The summed E-state index contributed by atoms with van der Waals surface area (Å²) in [5, 5.41) is 0. The molecule has 3 nitrogen and oxygen atoms in total. The van der Waals surface area contributed by atoms with E-state index in [1.165, 1.54) is 0 Å². The largest absolute Gasteiger partial charge is 0.332 e. The SMILES string of the molecule is CN(CC#CCN1CCCC1=O)CCCl. The first-order valence-electron chi connectivity index (χ1n) is 5.22. The van der Waals surface area contributed by atoms with Crippen molar-refractivity contribution in [3.63, 3.8) is 0 Å². The van der Waals surface area contributed by atoms with Gasteiger partial charge in [-0.1, -0.05) is 11.8 Å². The Hall–Kier alpha value is -0.720. The van der Waals surface area contributed by atoms with Crippen molar-refractivity contribution in [1.29, 1.82) is 0 Å². The van der Waals surface area contributed by atoms with E-state index >= 15 is 0 Å². The minimum Gasteiger partial charge on any atom is -0.332 e. The lowest BCUT2D eigenvalue weighted by molar-refractivity contribution is -0.127. The molecular weight excluding hydrogens is 212 g/mol. The zero-order chi connectivity index (χ0) is 11.1.